The highest BCUT2D eigenvalue weighted by atomic mass is 32.2. The standard InChI is InChI=1S/C13H15NS/c1-2-3-6-9-14-12-10-15-13-8-5-4-7-11(12)13/h1,4-5,7-8,12,14H,3,6,9-10H2. The number of nitrogens with one attached hydrogen (secondary N) is 1. The topological polar surface area (TPSA) is 12.0 Å². The second-order valence-electron chi connectivity index (χ2n) is 3.66. The summed E-state index contributed by atoms with van der Waals surface area (Å²) in [5, 5.41) is 3.56. The zero-order valence-electron chi connectivity index (χ0n) is 8.70. The first-order chi connectivity index (χ1) is 7.42. The van der Waals surface area contributed by atoms with Crippen LogP contribution in [0, 0.1) is 12.3 Å². The van der Waals surface area contributed by atoms with Crippen LogP contribution < -0.4 is 5.32 Å². The van der Waals surface area contributed by atoms with E-state index in [4.69, 9.17) is 6.42 Å². The van der Waals surface area contributed by atoms with E-state index in [1.54, 1.807) is 0 Å². The Morgan fingerprint density at radius 2 is 2.33 bits per heavy atom. The summed E-state index contributed by atoms with van der Waals surface area (Å²) in [5.41, 5.74) is 1.45. The van der Waals surface area contributed by atoms with Gasteiger partial charge in [-0.15, -0.1) is 24.1 Å². The third-order valence-electron chi connectivity index (χ3n) is 2.59. The molecule has 1 unspecified atom stereocenters. The van der Waals surface area contributed by atoms with Gasteiger partial charge in [0.05, 0.1) is 0 Å². The Bertz CT molecular complexity index is 367. The molecule has 15 heavy (non-hydrogen) atoms. The average Bonchev–Trinajstić information content (AvgIpc) is 2.68. The van der Waals surface area contributed by atoms with Crippen LogP contribution in [0.4, 0.5) is 0 Å². The second kappa shape index (κ2) is 5.25. The van der Waals surface area contributed by atoms with E-state index in [1.165, 1.54) is 10.5 Å². The first kappa shape index (κ1) is 10.6. The van der Waals surface area contributed by atoms with Crippen LogP contribution in [0.15, 0.2) is 29.2 Å². The minimum atomic E-state index is 0.518. The van der Waals surface area contributed by atoms with Crippen LogP contribution in [-0.2, 0) is 0 Å². The van der Waals surface area contributed by atoms with Crippen molar-refractivity contribution in [1.82, 2.24) is 5.32 Å². The number of benzene rings is 1. The molecule has 1 atom stereocenters. The van der Waals surface area contributed by atoms with E-state index in [-0.39, 0.29) is 0 Å². The lowest BCUT2D eigenvalue weighted by atomic mass is 10.1. The number of fused-ring (bicyclic) bond motifs is 1. The van der Waals surface area contributed by atoms with Crippen LogP contribution in [0.5, 0.6) is 0 Å². The number of unbranched alkanes of at least 4 members (excludes halogenated alkanes) is 1. The molecule has 1 heterocycles. The fraction of sp³-hybridized carbons (Fsp3) is 0.385. The zero-order chi connectivity index (χ0) is 10.5. The van der Waals surface area contributed by atoms with Gasteiger partial charge in [-0.1, -0.05) is 18.2 Å². The molecule has 2 rings (SSSR count). The Hall–Kier alpha value is -0.910. The van der Waals surface area contributed by atoms with Gasteiger partial charge in [0.25, 0.3) is 0 Å². The van der Waals surface area contributed by atoms with Gasteiger partial charge in [-0.05, 0) is 24.6 Å². The highest BCUT2D eigenvalue weighted by Gasteiger charge is 2.21. The molecular weight excluding hydrogens is 202 g/mol. The van der Waals surface area contributed by atoms with Crippen LogP contribution in [0.25, 0.3) is 0 Å². The molecule has 0 amide bonds. The van der Waals surface area contributed by atoms with E-state index in [1.807, 2.05) is 11.8 Å². The van der Waals surface area contributed by atoms with Crippen molar-refractivity contribution in [1.29, 1.82) is 0 Å². The van der Waals surface area contributed by atoms with Crippen LogP contribution >= 0.6 is 11.8 Å². The highest BCUT2D eigenvalue weighted by molar-refractivity contribution is 7.99. The van der Waals surface area contributed by atoms with E-state index in [0.29, 0.717) is 6.04 Å². The monoisotopic (exact) mass is 217 g/mol. The predicted octanol–water partition coefficient (Wildman–Crippen LogP) is 2.84. The zero-order valence-corrected chi connectivity index (χ0v) is 9.52. The molecule has 0 radical (unpaired) electrons. The molecule has 1 aliphatic heterocycles. The van der Waals surface area contributed by atoms with Crippen molar-refractivity contribution in [2.75, 3.05) is 12.3 Å². The van der Waals surface area contributed by atoms with Crippen molar-refractivity contribution >= 4 is 11.8 Å². The molecule has 78 valence electrons. The maximum absolute atomic E-state index is 5.22. The molecular formula is C13H15NS. The van der Waals surface area contributed by atoms with Crippen LogP contribution in [0.1, 0.15) is 24.4 Å². The Balaban J connectivity index is 1.88. The summed E-state index contributed by atoms with van der Waals surface area (Å²) < 4.78 is 0. The van der Waals surface area contributed by atoms with Gasteiger partial charge in [0.1, 0.15) is 0 Å². The lowest BCUT2D eigenvalue weighted by molar-refractivity contribution is 0.570. The van der Waals surface area contributed by atoms with E-state index in [2.05, 4.69) is 35.5 Å². The predicted molar refractivity (Wildman–Crippen MR) is 66.0 cm³/mol. The Labute approximate surface area is 95.7 Å². The largest absolute Gasteiger partial charge is 0.309 e. The summed E-state index contributed by atoms with van der Waals surface area (Å²) in [6.07, 6.45) is 7.16. The molecule has 1 nitrogen and oxygen atoms in total. The molecule has 0 spiro atoms. The van der Waals surface area contributed by atoms with Gasteiger partial charge in [-0.2, -0.15) is 0 Å². The summed E-state index contributed by atoms with van der Waals surface area (Å²) >= 11 is 1.94. The maximum Gasteiger partial charge on any atom is 0.0426 e. The highest BCUT2D eigenvalue weighted by Crippen LogP contribution is 2.37. The summed E-state index contributed by atoms with van der Waals surface area (Å²) in [7, 11) is 0. The normalized spacial score (nSPS) is 18.5. The Morgan fingerprint density at radius 1 is 1.47 bits per heavy atom. The third kappa shape index (κ3) is 2.56. The molecule has 1 N–H and O–H groups in total. The number of thioether (sulfide) groups is 1. The molecule has 0 fully saturated rings. The Kier molecular flexibility index (Phi) is 3.71. The molecule has 1 aromatic carbocycles. The van der Waals surface area contributed by atoms with Crippen molar-refractivity contribution < 1.29 is 0 Å². The Morgan fingerprint density at radius 3 is 3.20 bits per heavy atom. The molecule has 0 bridgehead atoms. The molecule has 1 aliphatic rings. The van der Waals surface area contributed by atoms with Gasteiger partial charge in [-0.25, -0.2) is 0 Å². The SMILES string of the molecule is C#CCCCNC1CSc2ccccc21. The fourth-order valence-corrected chi connectivity index (χ4v) is 2.99. The molecule has 0 aliphatic carbocycles. The van der Waals surface area contributed by atoms with Crippen molar-refractivity contribution in [2.24, 2.45) is 0 Å². The van der Waals surface area contributed by atoms with Gasteiger partial charge in [0.15, 0.2) is 0 Å². The maximum atomic E-state index is 5.22. The summed E-state index contributed by atoms with van der Waals surface area (Å²) in [5.74, 6) is 3.82. The molecule has 1 aromatic rings. The average molecular weight is 217 g/mol. The molecule has 0 saturated carbocycles. The number of terminal acetylenes is 1. The lowest BCUT2D eigenvalue weighted by Gasteiger charge is -2.12. The van der Waals surface area contributed by atoms with Gasteiger partial charge < -0.3 is 5.32 Å². The first-order valence-corrected chi connectivity index (χ1v) is 6.29. The van der Waals surface area contributed by atoms with E-state index < -0.39 is 0 Å². The third-order valence-corrected chi connectivity index (χ3v) is 3.77. The van der Waals surface area contributed by atoms with Gasteiger partial charge >= 0.3 is 0 Å². The number of hydrogen-bond donors (Lipinski definition) is 1. The molecule has 0 aromatic heterocycles. The van der Waals surface area contributed by atoms with Gasteiger partial charge in [-0.3, -0.25) is 0 Å². The first-order valence-electron chi connectivity index (χ1n) is 5.30. The van der Waals surface area contributed by atoms with Crippen molar-refractivity contribution in [3.05, 3.63) is 29.8 Å². The number of hydrogen-bond acceptors (Lipinski definition) is 2. The van der Waals surface area contributed by atoms with E-state index in [0.717, 1.165) is 25.1 Å². The van der Waals surface area contributed by atoms with Gasteiger partial charge in [0.2, 0.25) is 0 Å². The minimum Gasteiger partial charge on any atom is -0.309 e. The fourth-order valence-electron chi connectivity index (χ4n) is 1.80. The second-order valence-corrected chi connectivity index (χ2v) is 4.73. The lowest BCUT2D eigenvalue weighted by Crippen LogP contribution is -2.22. The minimum absolute atomic E-state index is 0.518. The number of rotatable bonds is 4. The van der Waals surface area contributed by atoms with Crippen molar-refractivity contribution in [2.45, 2.75) is 23.8 Å². The smallest absolute Gasteiger partial charge is 0.0426 e. The quantitative estimate of drug-likeness (QED) is 0.615. The van der Waals surface area contributed by atoms with Crippen LogP contribution in [-0.4, -0.2) is 12.3 Å². The van der Waals surface area contributed by atoms with E-state index >= 15 is 0 Å². The van der Waals surface area contributed by atoms with Crippen LogP contribution in [0.3, 0.4) is 0 Å². The summed E-state index contributed by atoms with van der Waals surface area (Å²) in [4.78, 5) is 1.42. The van der Waals surface area contributed by atoms with Crippen molar-refractivity contribution in [3.63, 3.8) is 0 Å². The molecule has 0 saturated heterocycles. The van der Waals surface area contributed by atoms with Gasteiger partial charge in [0, 0.05) is 23.1 Å². The van der Waals surface area contributed by atoms with Crippen LogP contribution in [0.2, 0.25) is 0 Å². The van der Waals surface area contributed by atoms with E-state index in [9.17, 15) is 0 Å². The summed E-state index contributed by atoms with van der Waals surface area (Å²) in [6.45, 7) is 1.02. The summed E-state index contributed by atoms with van der Waals surface area (Å²) in [6, 6.07) is 9.15. The molecule has 2 heteroatoms. The van der Waals surface area contributed by atoms with Crippen molar-refractivity contribution in [3.8, 4) is 12.3 Å².